The lowest BCUT2D eigenvalue weighted by molar-refractivity contribution is -0.122. The summed E-state index contributed by atoms with van der Waals surface area (Å²) >= 11 is 3.43. The van der Waals surface area contributed by atoms with Crippen molar-refractivity contribution in [2.45, 2.75) is 31.0 Å². The molecule has 2 aliphatic carbocycles. The van der Waals surface area contributed by atoms with Gasteiger partial charge >= 0.3 is 0 Å². The molecule has 0 radical (unpaired) electrons. The molecule has 13 heavy (non-hydrogen) atoms. The number of carbonyl (C=O) groups excluding carboxylic acids is 1. The van der Waals surface area contributed by atoms with E-state index in [1.807, 2.05) is 0 Å². The normalized spacial score (nSPS) is 33.5. The van der Waals surface area contributed by atoms with Gasteiger partial charge in [-0.3, -0.25) is 4.79 Å². The van der Waals surface area contributed by atoms with E-state index >= 15 is 0 Å². The van der Waals surface area contributed by atoms with Crippen LogP contribution in [0.4, 0.5) is 0 Å². The lowest BCUT2D eigenvalue weighted by atomic mass is 9.77. The summed E-state index contributed by atoms with van der Waals surface area (Å²) < 4.78 is 0. The standard InChI is InChI=1S/C11H13BrO/c1-7-2-4-9-8(6-7)3-5-10(12)11(9)13/h2,6,9-10H,3-5H2,1H3. The largest absolute Gasteiger partial charge is 0.298 e. The van der Waals surface area contributed by atoms with Crippen LogP contribution in [-0.2, 0) is 4.79 Å². The quantitative estimate of drug-likeness (QED) is 0.596. The SMILES string of the molecule is CC1=CCC2C(=O)C(Br)CCC2=C1. The van der Waals surface area contributed by atoms with Gasteiger partial charge in [-0.15, -0.1) is 0 Å². The second kappa shape index (κ2) is 3.41. The zero-order valence-electron chi connectivity index (χ0n) is 7.72. The second-order valence-corrected chi connectivity index (χ2v) is 4.97. The van der Waals surface area contributed by atoms with E-state index in [1.54, 1.807) is 0 Å². The molecule has 70 valence electrons. The number of hydrogen-bond acceptors (Lipinski definition) is 1. The molecule has 0 saturated heterocycles. The Balaban J connectivity index is 2.25. The van der Waals surface area contributed by atoms with Gasteiger partial charge < -0.3 is 0 Å². The first kappa shape index (κ1) is 9.20. The Morgan fingerprint density at radius 2 is 2.31 bits per heavy atom. The highest BCUT2D eigenvalue weighted by Gasteiger charge is 2.33. The van der Waals surface area contributed by atoms with Crippen LogP contribution < -0.4 is 0 Å². The molecule has 1 fully saturated rings. The highest BCUT2D eigenvalue weighted by atomic mass is 79.9. The van der Waals surface area contributed by atoms with Crippen molar-refractivity contribution < 1.29 is 4.79 Å². The maximum Gasteiger partial charge on any atom is 0.153 e. The molecule has 0 aromatic heterocycles. The predicted molar refractivity (Wildman–Crippen MR) is 56.9 cm³/mol. The van der Waals surface area contributed by atoms with Crippen molar-refractivity contribution in [3.63, 3.8) is 0 Å². The van der Waals surface area contributed by atoms with E-state index in [9.17, 15) is 4.79 Å². The maximum atomic E-state index is 11.7. The average Bonchev–Trinajstić information content (AvgIpc) is 2.12. The summed E-state index contributed by atoms with van der Waals surface area (Å²) in [6.07, 6.45) is 7.31. The van der Waals surface area contributed by atoms with Crippen LogP contribution in [-0.4, -0.2) is 10.6 Å². The molecule has 0 heterocycles. The van der Waals surface area contributed by atoms with Gasteiger partial charge in [0.1, 0.15) is 0 Å². The third-order valence-electron chi connectivity index (χ3n) is 2.87. The lowest BCUT2D eigenvalue weighted by Crippen LogP contribution is -2.31. The van der Waals surface area contributed by atoms with Crippen LogP contribution in [0.15, 0.2) is 23.3 Å². The zero-order valence-corrected chi connectivity index (χ0v) is 9.30. The summed E-state index contributed by atoms with van der Waals surface area (Å²) in [4.78, 5) is 11.8. The van der Waals surface area contributed by atoms with Crippen molar-refractivity contribution in [3.05, 3.63) is 23.3 Å². The topological polar surface area (TPSA) is 17.1 Å². The monoisotopic (exact) mass is 240 g/mol. The summed E-state index contributed by atoms with van der Waals surface area (Å²) in [5.74, 6) is 0.558. The summed E-state index contributed by atoms with van der Waals surface area (Å²) in [6.45, 7) is 2.11. The summed E-state index contributed by atoms with van der Waals surface area (Å²) in [5.41, 5.74) is 2.66. The van der Waals surface area contributed by atoms with Crippen LogP contribution in [0.3, 0.4) is 0 Å². The fraction of sp³-hybridized carbons (Fsp3) is 0.545. The fourth-order valence-corrected chi connectivity index (χ4v) is 2.65. The smallest absolute Gasteiger partial charge is 0.153 e. The highest BCUT2D eigenvalue weighted by Crippen LogP contribution is 2.36. The fourth-order valence-electron chi connectivity index (χ4n) is 2.11. The Hall–Kier alpha value is -0.370. The minimum Gasteiger partial charge on any atom is -0.298 e. The number of hydrogen-bond donors (Lipinski definition) is 0. The summed E-state index contributed by atoms with van der Waals surface area (Å²) in [7, 11) is 0. The van der Waals surface area contributed by atoms with E-state index in [1.165, 1.54) is 11.1 Å². The van der Waals surface area contributed by atoms with Gasteiger partial charge in [0.25, 0.3) is 0 Å². The summed E-state index contributed by atoms with van der Waals surface area (Å²) in [6, 6.07) is 0. The molecular weight excluding hydrogens is 228 g/mol. The molecule has 1 nitrogen and oxygen atoms in total. The number of rotatable bonds is 0. The van der Waals surface area contributed by atoms with Crippen molar-refractivity contribution in [1.29, 1.82) is 0 Å². The van der Waals surface area contributed by atoms with Gasteiger partial charge in [0.2, 0.25) is 0 Å². The van der Waals surface area contributed by atoms with Gasteiger partial charge in [0.15, 0.2) is 5.78 Å². The van der Waals surface area contributed by atoms with Crippen molar-refractivity contribution in [1.82, 2.24) is 0 Å². The lowest BCUT2D eigenvalue weighted by Gasteiger charge is -2.29. The molecular formula is C11H13BrO. The first-order valence-corrected chi connectivity index (χ1v) is 5.65. The van der Waals surface area contributed by atoms with E-state index in [2.05, 4.69) is 35.0 Å². The number of carbonyl (C=O) groups is 1. The van der Waals surface area contributed by atoms with E-state index in [-0.39, 0.29) is 10.7 Å². The van der Waals surface area contributed by atoms with Gasteiger partial charge in [0.05, 0.1) is 4.83 Å². The summed E-state index contributed by atoms with van der Waals surface area (Å²) in [5, 5.41) is 0. The Morgan fingerprint density at radius 3 is 3.08 bits per heavy atom. The number of halogens is 1. The number of ketones is 1. The van der Waals surface area contributed by atoms with Crippen molar-refractivity contribution >= 4 is 21.7 Å². The number of fused-ring (bicyclic) bond motifs is 1. The zero-order chi connectivity index (χ0) is 9.42. The molecule has 1 saturated carbocycles. The van der Waals surface area contributed by atoms with Gasteiger partial charge in [-0.25, -0.2) is 0 Å². The van der Waals surface area contributed by atoms with Gasteiger partial charge in [-0.05, 0) is 26.2 Å². The van der Waals surface area contributed by atoms with E-state index < -0.39 is 0 Å². The molecule has 0 N–H and O–H groups in total. The molecule has 2 rings (SSSR count). The molecule has 2 unspecified atom stereocenters. The van der Waals surface area contributed by atoms with E-state index in [0.29, 0.717) is 5.78 Å². The molecule has 0 bridgehead atoms. The van der Waals surface area contributed by atoms with Gasteiger partial charge in [-0.1, -0.05) is 39.2 Å². The maximum absolute atomic E-state index is 11.7. The first-order chi connectivity index (χ1) is 6.18. The van der Waals surface area contributed by atoms with Crippen LogP contribution in [0, 0.1) is 5.92 Å². The Labute approximate surface area is 87.0 Å². The predicted octanol–water partition coefficient (Wildman–Crippen LogP) is 3.01. The number of alkyl halides is 1. The third-order valence-corrected chi connectivity index (χ3v) is 3.78. The number of Topliss-reactive ketones (excluding diaryl/α,β-unsaturated/α-hetero) is 1. The molecule has 2 heteroatoms. The first-order valence-electron chi connectivity index (χ1n) is 4.73. The Bertz CT molecular complexity index is 301. The van der Waals surface area contributed by atoms with Crippen molar-refractivity contribution in [3.8, 4) is 0 Å². The molecule has 0 aromatic rings. The van der Waals surface area contributed by atoms with Crippen LogP contribution >= 0.6 is 15.9 Å². The van der Waals surface area contributed by atoms with Gasteiger partial charge in [0, 0.05) is 5.92 Å². The Kier molecular flexibility index (Phi) is 2.41. The van der Waals surface area contributed by atoms with Crippen LogP contribution in [0.25, 0.3) is 0 Å². The van der Waals surface area contributed by atoms with Crippen LogP contribution in [0.2, 0.25) is 0 Å². The van der Waals surface area contributed by atoms with Crippen molar-refractivity contribution in [2.24, 2.45) is 5.92 Å². The average molecular weight is 241 g/mol. The van der Waals surface area contributed by atoms with Gasteiger partial charge in [-0.2, -0.15) is 0 Å². The number of allylic oxidation sites excluding steroid dienone is 4. The van der Waals surface area contributed by atoms with Crippen LogP contribution in [0.5, 0.6) is 0 Å². The van der Waals surface area contributed by atoms with E-state index in [4.69, 9.17) is 0 Å². The molecule has 0 aromatic carbocycles. The molecule has 0 amide bonds. The second-order valence-electron chi connectivity index (χ2n) is 3.86. The molecule has 0 aliphatic heterocycles. The Morgan fingerprint density at radius 1 is 1.54 bits per heavy atom. The molecule has 0 spiro atoms. The van der Waals surface area contributed by atoms with E-state index in [0.717, 1.165) is 19.3 Å². The molecule has 2 atom stereocenters. The van der Waals surface area contributed by atoms with Crippen molar-refractivity contribution in [2.75, 3.05) is 0 Å². The minimum atomic E-state index is 0.0986. The highest BCUT2D eigenvalue weighted by molar-refractivity contribution is 9.10. The minimum absolute atomic E-state index is 0.0986. The third kappa shape index (κ3) is 1.64. The molecule has 2 aliphatic rings. The van der Waals surface area contributed by atoms with Crippen LogP contribution in [0.1, 0.15) is 26.2 Å².